The Balaban J connectivity index is 1.53. The van der Waals surface area contributed by atoms with Gasteiger partial charge >= 0.3 is 0 Å². The summed E-state index contributed by atoms with van der Waals surface area (Å²) in [4.78, 5) is 4.67. The standard InChI is InChI=1S/C20H26N2O3/c1-24-18-8-6-16(7-9-18)20(23)15-21-10-12-22(13-11-21)17-4-3-5-19(14-17)25-2/h3-9,14,20,23H,10-13,15H2,1-2H3/t20-/m0/s1. The molecule has 1 aliphatic heterocycles. The number of nitrogens with zero attached hydrogens (tertiary/aromatic N) is 2. The first-order valence-electron chi connectivity index (χ1n) is 8.63. The van der Waals surface area contributed by atoms with Gasteiger partial charge in [0.1, 0.15) is 11.5 Å². The third-order valence-corrected chi connectivity index (χ3v) is 4.72. The number of hydrogen-bond donors (Lipinski definition) is 1. The van der Waals surface area contributed by atoms with E-state index in [2.05, 4.69) is 21.9 Å². The monoisotopic (exact) mass is 342 g/mol. The maximum atomic E-state index is 10.5. The van der Waals surface area contributed by atoms with E-state index in [0.29, 0.717) is 6.54 Å². The lowest BCUT2D eigenvalue weighted by Crippen LogP contribution is -2.47. The third kappa shape index (κ3) is 4.44. The first-order valence-corrected chi connectivity index (χ1v) is 8.63. The van der Waals surface area contributed by atoms with Crippen molar-refractivity contribution in [1.29, 1.82) is 0 Å². The second-order valence-electron chi connectivity index (χ2n) is 6.28. The van der Waals surface area contributed by atoms with Crippen LogP contribution in [0.5, 0.6) is 11.5 Å². The number of β-amino-alcohol motifs (C(OH)–C–C–N with tert-alkyl or cyclic N) is 1. The third-order valence-electron chi connectivity index (χ3n) is 4.72. The average Bonchev–Trinajstić information content (AvgIpc) is 2.68. The van der Waals surface area contributed by atoms with Crippen LogP contribution >= 0.6 is 0 Å². The quantitative estimate of drug-likeness (QED) is 0.874. The smallest absolute Gasteiger partial charge is 0.120 e. The molecule has 25 heavy (non-hydrogen) atoms. The highest BCUT2D eigenvalue weighted by atomic mass is 16.5. The minimum atomic E-state index is -0.478. The maximum Gasteiger partial charge on any atom is 0.120 e. The molecular formula is C20H26N2O3. The van der Waals surface area contributed by atoms with Crippen LogP contribution in [0.25, 0.3) is 0 Å². The molecule has 134 valence electrons. The number of ether oxygens (including phenoxy) is 2. The van der Waals surface area contributed by atoms with E-state index in [-0.39, 0.29) is 0 Å². The van der Waals surface area contributed by atoms with Gasteiger partial charge in [-0.05, 0) is 29.8 Å². The molecule has 2 aromatic carbocycles. The van der Waals surface area contributed by atoms with Gasteiger partial charge in [-0.1, -0.05) is 18.2 Å². The van der Waals surface area contributed by atoms with E-state index in [1.54, 1.807) is 14.2 Å². The van der Waals surface area contributed by atoms with Gasteiger partial charge in [0.15, 0.2) is 0 Å². The van der Waals surface area contributed by atoms with Gasteiger partial charge in [-0.3, -0.25) is 4.90 Å². The van der Waals surface area contributed by atoms with Gasteiger partial charge in [-0.2, -0.15) is 0 Å². The molecule has 0 amide bonds. The Bertz CT molecular complexity index is 667. The second-order valence-corrected chi connectivity index (χ2v) is 6.28. The molecule has 0 spiro atoms. The summed E-state index contributed by atoms with van der Waals surface area (Å²) in [5.41, 5.74) is 2.12. The van der Waals surface area contributed by atoms with Crippen molar-refractivity contribution in [3.8, 4) is 11.5 Å². The predicted molar refractivity (Wildman–Crippen MR) is 99.6 cm³/mol. The number of aliphatic hydroxyl groups excluding tert-OH is 1. The first-order chi connectivity index (χ1) is 12.2. The largest absolute Gasteiger partial charge is 0.497 e. The molecule has 1 N–H and O–H groups in total. The minimum Gasteiger partial charge on any atom is -0.497 e. The van der Waals surface area contributed by atoms with Gasteiger partial charge in [0.25, 0.3) is 0 Å². The van der Waals surface area contributed by atoms with Crippen LogP contribution in [-0.4, -0.2) is 56.9 Å². The summed E-state index contributed by atoms with van der Waals surface area (Å²) in [6.45, 7) is 4.41. The van der Waals surface area contributed by atoms with Gasteiger partial charge in [-0.25, -0.2) is 0 Å². The topological polar surface area (TPSA) is 45.2 Å². The molecule has 0 radical (unpaired) electrons. The van der Waals surface area contributed by atoms with Crippen molar-refractivity contribution in [3.63, 3.8) is 0 Å². The minimum absolute atomic E-state index is 0.478. The Morgan fingerprint density at radius 2 is 1.60 bits per heavy atom. The van der Waals surface area contributed by atoms with Gasteiger partial charge in [0.05, 0.1) is 20.3 Å². The summed E-state index contributed by atoms with van der Waals surface area (Å²) in [7, 11) is 3.34. The van der Waals surface area contributed by atoms with E-state index in [0.717, 1.165) is 43.2 Å². The number of methoxy groups -OCH3 is 2. The van der Waals surface area contributed by atoms with Crippen molar-refractivity contribution < 1.29 is 14.6 Å². The molecule has 1 atom stereocenters. The number of aliphatic hydroxyl groups is 1. The molecule has 5 heteroatoms. The van der Waals surface area contributed by atoms with E-state index >= 15 is 0 Å². The van der Waals surface area contributed by atoms with Gasteiger partial charge < -0.3 is 19.5 Å². The maximum absolute atomic E-state index is 10.5. The fourth-order valence-electron chi connectivity index (χ4n) is 3.17. The molecular weight excluding hydrogens is 316 g/mol. The van der Waals surface area contributed by atoms with Crippen LogP contribution in [0.3, 0.4) is 0 Å². The Hall–Kier alpha value is -2.24. The van der Waals surface area contributed by atoms with Gasteiger partial charge in [0.2, 0.25) is 0 Å². The Kier molecular flexibility index (Phi) is 5.79. The highest BCUT2D eigenvalue weighted by molar-refractivity contribution is 5.51. The predicted octanol–water partition coefficient (Wildman–Crippen LogP) is 2.56. The second kappa shape index (κ2) is 8.23. The Morgan fingerprint density at radius 1 is 0.920 bits per heavy atom. The summed E-state index contributed by atoms with van der Waals surface area (Å²) < 4.78 is 10.5. The number of piperazine rings is 1. The SMILES string of the molecule is COc1ccc([C@@H](O)CN2CCN(c3cccc(OC)c3)CC2)cc1. The van der Waals surface area contributed by atoms with E-state index in [9.17, 15) is 5.11 Å². The van der Waals surface area contributed by atoms with Crippen molar-refractivity contribution >= 4 is 5.69 Å². The fraction of sp³-hybridized carbons (Fsp3) is 0.400. The van der Waals surface area contributed by atoms with Crippen molar-refractivity contribution in [2.24, 2.45) is 0 Å². The zero-order valence-corrected chi connectivity index (χ0v) is 14.9. The van der Waals surface area contributed by atoms with Crippen LogP contribution in [0.2, 0.25) is 0 Å². The Labute approximate surface area is 149 Å². The van der Waals surface area contributed by atoms with E-state index in [1.165, 1.54) is 5.69 Å². The Morgan fingerprint density at radius 3 is 2.24 bits per heavy atom. The molecule has 0 aliphatic carbocycles. The molecule has 0 unspecified atom stereocenters. The zero-order valence-electron chi connectivity index (χ0n) is 14.9. The number of anilines is 1. The number of rotatable bonds is 6. The van der Waals surface area contributed by atoms with E-state index < -0.39 is 6.10 Å². The van der Waals surface area contributed by atoms with E-state index in [1.807, 2.05) is 36.4 Å². The molecule has 2 aromatic rings. The van der Waals surface area contributed by atoms with Crippen molar-refractivity contribution in [1.82, 2.24) is 4.90 Å². The molecule has 1 heterocycles. The summed E-state index contributed by atoms with van der Waals surface area (Å²) in [6, 6.07) is 15.8. The number of hydrogen-bond acceptors (Lipinski definition) is 5. The highest BCUT2D eigenvalue weighted by Gasteiger charge is 2.20. The van der Waals surface area contributed by atoms with Crippen LogP contribution in [-0.2, 0) is 0 Å². The molecule has 1 aliphatic rings. The summed E-state index contributed by atoms with van der Waals surface area (Å²) in [6.07, 6.45) is -0.478. The summed E-state index contributed by atoms with van der Waals surface area (Å²) >= 11 is 0. The summed E-state index contributed by atoms with van der Waals surface area (Å²) in [5.74, 6) is 1.69. The lowest BCUT2D eigenvalue weighted by molar-refractivity contribution is 0.109. The summed E-state index contributed by atoms with van der Waals surface area (Å²) in [5, 5.41) is 10.5. The van der Waals surface area contributed by atoms with Crippen LogP contribution in [0.4, 0.5) is 5.69 Å². The van der Waals surface area contributed by atoms with E-state index in [4.69, 9.17) is 9.47 Å². The molecule has 1 fully saturated rings. The van der Waals surface area contributed by atoms with Crippen molar-refractivity contribution in [2.45, 2.75) is 6.10 Å². The lowest BCUT2D eigenvalue weighted by Gasteiger charge is -2.37. The van der Waals surface area contributed by atoms with Crippen LogP contribution in [0, 0.1) is 0 Å². The molecule has 0 saturated carbocycles. The molecule has 5 nitrogen and oxygen atoms in total. The van der Waals surface area contributed by atoms with Crippen LogP contribution in [0.15, 0.2) is 48.5 Å². The normalized spacial score (nSPS) is 16.5. The van der Waals surface area contributed by atoms with Crippen LogP contribution < -0.4 is 14.4 Å². The lowest BCUT2D eigenvalue weighted by atomic mass is 10.1. The zero-order chi connectivity index (χ0) is 17.6. The molecule has 3 rings (SSSR count). The number of benzene rings is 2. The first kappa shape index (κ1) is 17.6. The highest BCUT2D eigenvalue weighted by Crippen LogP contribution is 2.23. The van der Waals surface area contributed by atoms with Crippen LogP contribution in [0.1, 0.15) is 11.7 Å². The molecule has 0 aromatic heterocycles. The van der Waals surface area contributed by atoms with Crippen molar-refractivity contribution in [3.05, 3.63) is 54.1 Å². The van der Waals surface area contributed by atoms with Crippen molar-refractivity contribution in [2.75, 3.05) is 51.8 Å². The molecule has 0 bridgehead atoms. The van der Waals surface area contributed by atoms with Gasteiger partial charge in [-0.15, -0.1) is 0 Å². The average molecular weight is 342 g/mol. The fourth-order valence-corrected chi connectivity index (χ4v) is 3.17. The molecule has 1 saturated heterocycles. The van der Waals surface area contributed by atoms with Gasteiger partial charge in [0, 0.05) is 44.5 Å².